The first-order valence-electron chi connectivity index (χ1n) is 14.1. The number of nitrogens with one attached hydrogen (secondary N) is 2. The quantitative estimate of drug-likeness (QED) is 0.123. The van der Waals surface area contributed by atoms with Crippen molar-refractivity contribution in [3.05, 3.63) is 64.1 Å². The van der Waals surface area contributed by atoms with E-state index in [0.717, 1.165) is 0 Å². The Morgan fingerprint density at radius 2 is 1.63 bits per heavy atom. The highest BCUT2D eigenvalue weighted by Gasteiger charge is 2.63. The molecule has 2 aromatic carbocycles. The smallest absolute Gasteiger partial charge is 0.323 e. The van der Waals surface area contributed by atoms with E-state index in [0.29, 0.717) is 11.3 Å². The van der Waals surface area contributed by atoms with Crippen molar-refractivity contribution in [2.45, 2.75) is 24.5 Å². The lowest BCUT2D eigenvalue weighted by Crippen LogP contribution is -2.63. The number of Topliss-reactive ketones (excluding diaryl/α,β-unsaturated/α-hetero) is 2. The number of hydrogen-bond donors (Lipinski definition) is 9. The summed E-state index contributed by atoms with van der Waals surface area (Å²) in [5.74, 6) is -7.76. The van der Waals surface area contributed by atoms with Gasteiger partial charge in [0.2, 0.25) is 5.78 Å². The van der Waals surface area contributed by atoms with E-state index in [4.69, 9.17) is 16.1 Å². The predicted molar refractivity (Wildman–Crippen MR) is 163 cm³/mol. The van der Waals surface area contributed by atoms with Crippen LogP contribution in [-0.4, -0.2) is 99.1 Å². The van der Waals surface area contributed by atoms with Gasteiger partial charge in [0.15, 0.2) is 17.1 Å². The second-order valence-electron chi connectivity index (χ2n) is 11.9. The van der Waals surface area contributed by atoms with Crippen molar-refractivity contribution in [2.24, 2.45) is 17.6 Å². The van der Waals surface area contributed by atoms with Gasteiger partial charge in [-0.1, -0.05) is 0 Å². The number of nitrogens with zero attached hydrogens (tertiary/aromatic N) is 3. The number of benzene rings is 2. The van der Waals surface area contributed by atoms with Crippen LogP contribution in [0.1, 0.15) is 22.3 Å². The topological polar surface area (TPSA) is 249 Å². The van der Waals surface area contributed by atoms with Crippen LogP contribution in [0, 0.1) is 11.8 Å². The van der Waals surface area contributed by atoms with E-state index in [2.05, 4.69) is 10.6 Å². The summed E-state index contributed by atoms with van der Waals surface area (Å²) >= 11 is 0. The van der Waals surface area contributed by atoms with Crippen LogP contribution in [0.5, 0.6) is 5.75 Å². The van der Waals surface area contributed by atoms with Crippen molar-refractivity contribution in [3.63, 3.8) is 0 Å². The van der Waals surface area contributed by atoms with Crippen LogP contribution in [0.4, 0.5) is 27.5 Å². The zero-order valence-corrected chi connectivity index (χ0v) is 25.3. The monoisotopic (exact) mass is 638 g/mol. The van der Waals surface area contributed by atoms with Gasteiger partial charge in [-0.05, 0) is 68.8 Å². The van der Waals surface area contributed by atoms with Gasteiger partial charge in [0.05, 0.1) is 23.0 Å². The molecule has 0 saturated heterocycles. The number of anilines is 4. The summed E-state index contributed by atoms with van der Waals surface area (Å²) < 4.78 is 0. The zero-order valence-electron chi connectivity index (χ0n) is 25.3. The summed E-state index contributed by atoms with van der Waals surface area (Å²) in [6.45, 7) is 0. The minimum Gasteiger partial charge on any atom is -0.510 e. The number of nitrogens with two attached hydrogens (primary N) is 1. The SMILES string of the molecule is CN(C)c1cc(NC(=O)Nc2ccc(N(O)O)cc2)c(O)c2c1C[C@H]1C[C@H]3[C@@H](N(C)C)C(O)=C(C(N)=O)C(=O)[C@@]3(O)C(O)=C1C2=O. The van der Waals surface area contributed by atoms with Gasteiger partial charge < -0.3 is 41.7 Å². The molecule has 0 bridgehead atoms. The maximum Gasteiger partial charge on any atom is 0.323 e. The highest BCUT2D eigenvalue weighted by atomic mass is 16.8. The number of phenols is 1. The van der Waals surface area contributed by atoms with Gasteiger partial charge in [0.1, 0.15) is 17.1 Å². The molecule has 0 unspecified atom stereocenters. The molecule has 0 radical (unpaired) electrons. The van der Waals surface area contributed by atoms with Crippen LogP contribution >= 0.6 is 0 Å². The Kier molecular flexibility index (Phi) is 7.94. The number of aliphatic hydroxyl groups is 3. The molecule has 0 aromatic heterocycles. The number of carbonyl (C=O) groups is 4. The third-order valence-corrected chi connectivity index (χ3v) is 8.79. The van der Waals surface area contributed by atoms with Crippen LogP contribution < -0.4 is 26.5 Å². The largest absolute Gasteiger partial charge is 0.510 e. The lowest BCUT2D eigenvalue weighted by Gasteiger charge is -2.50. The first kappa shape index (κ1) is 32.2. The first-order chi connectivity index (χ1) is 21.5. The average Bonchev–Trinajstić information content (AvgIpc) is 2.96. The van der Waals surface area contributed by atoms with Crippen LogP contribution in [0.15, 0.2) is 53.0 Å². The molecule has 3 amide bonds. The van der Waals surface area contributed by atoms with E-state index in [1.807, 2.05) is 0 Å². The predicted octanol–water partition coefficient (Wildman–Crippen LogP) is 1.42. The number of hydrogen-bond acceptors (Lipinski definition) is 13. The number of aromatic hydroxyl groups is 1. The van der Waals surface area contributed by atoms with Gasteiger partial charge in [-0.2, -0.15) is 0 Å². The maximum absolute atomic E-state index is 14.1. The van der Waals surface area contributed by atoms with Crippen molar-refractivity contribution in [1.82, 2.24) is 4.90 Å². The summed E-state index contributed by atoms with van der Waals surface area (Å²) in [6, 6.07) is 4.94. The zero-order chi connectivity index (χ0) is 34.0. The molecule has 244 valence electrons. The Labute approximate surface area is 262 Å². The fourth-order valence-electron chi connectivity index (χ4n) is 6.76. The lowest BCUT2D eigenvalue weighted by molar-refractivity contribution is -0.148. The maximum atomic E-state index is 14.1. The first-order valence-corrected chi connectivity index (χ1v) is 14.1. The van der Waals surface area contributed by atoms with Gasteiger partial charge >= 0.3 is 6.03 Å². The minimum atomic E-state index is -2.78. The van der Waals surface area contributed by atoms with Crippen molar-refractivity contribution in [2.75, 3.05) is 49.0 Å². The van der Waals surface area contributed by atoms with Crippen molar-refractivity contribution in [1.29, 1.82) is 0 Å². The van der Waals surface area contributed by atoms with E-state index in [1.165, 1.54) is 35.2 Å². The summed E-state index contributed by atoms with van der Waals surface area (Å²) in [4.78, 5) is 55.8. The van der Waals surface area contributed by atoms with Crippen LogP contribution in [0.3, 0.4) is 0 Å². The minimum absolute atomic E-state index is 0.0350. The summed E-state index contributed by atoms with van der Waals surface area (Å²) in [5.41, 5.74) is 2.07. The second-order valence-corrected chi connectivity index (χ2v) is 11.9. The van der Waals surface area contributed by atoms with Crippen LogP contribution in [0.2, 0.25) is 0 Å². The number of likely N-dealkylation sites (N-methyl/N-ethyl adjacent to an activating group) is 1. The van der Waals surface area contributed by atoms with Crippen molar-refractivity contribution in [3.8, 4) is 5.75 Å². The molecule has 0 saturated carbocycles. The average molecular weight is 639 g/mol. The van der Waals surface area contributed by atoms with Crippen LogP contribution in [-0.2, 0) is 16.0 Å². The summed E-state index contributed by atoms with van der Waals surface area (Å²) in [7, 11) is 6.47. The normalized spacial score (nSPS) is 23.9. The van der Waals surface area contributed by atoms with E-state index in [1.54, 1.807) is 33.1 Å². The Morgan fingerprint density at radius 1 is 1.00 bits per heavy atom. The molecule has 4 atom stereocenters. The molecule has 3 aliphatic rings. The third-order valence-electron chi connectivity index (χ3n) is 8.79. The molecule has 0 aliphatic heterocycles. The number of fused-ring (bicyclic) bond motifs is 3. The van der Waals surface area contributed by atoms with Gasteiger partial charge in [-0.15, -0.1) is 5.23 Å². The number of primary amides is 1. The molecule has 3 aliphatic carbocycles. The number of phenolic OH excluding ortho intramolecular Hbond substituents is 1. The Bertz CT molecular complexity index is 1730. The molecule has 46 heavy (non-hydrogen) atoms. The van der Waals surface area contributed by atoms with Gasteiger partial charge in [-0.3, -0.25) is 29.7 Å². The molecule has 5 rings (SSSR count). The Hall–Kier alpha value is -5.16. The number of aliphatic hydroxyl groups excluding tert-OH is 2. The molecule has 0 spiro atoms. The van der Waals surface area contributed by atoms with Gasteiger partial charge in [-0.25, -0.2) is 4.79 Å². The number of rotatable bonds is 6. The van der Waals surface area contributed by atoms with Gasteiger partial charge in [0.25, 0.3) is 5.91 Å². The molecule has 10 N–H and O–H groups in total. The highest BCUT2D eigenvalue weighted by molar-refractivity contribution is 6.25. The highest BCUT2D eigenvalue weighted by Crippen LogP contribution is 2.54. The number of carbonyl (C=O) groups excluding carboxylic acids is 4. The Balaban J connectivity index is 1.58. The van der Waals surface area contributed by atoms with E-state index < -0.39 is 69.8 Å². The summed E-state index contributed by atoms with van der Waals surface area (Å²) in [6.07, 6.45) is 0.00603. The number of amides is 3. The van der Waals surface area contributed by atoms with Crippen molar-refractivity contribution >= 4 is 46.3 Å². The molecule has 0 heterocycles. The Morgan fingerprint density at radius 3 is 2.17 bits per heavy atom. The third kappa shape index (κ3) is 4.87. The molecule has 2 aromatic rings. The second kappa shape index (κ2) is 11.3. The fraction of sp³-hybridized carbons (Fsp3) is 0.333. The number of ketones is 2. The molecule has 0 fully saturated rings. The molecular formula is C30H34N6O10. The standard InChI is InChI=1S/C30H34N6O10/c1-34(2)18-11-17(33-29(43)32-13-5-7-14(8-6-13)36(45)46)23(37)20-15(18)9-12-10-16-22(35(3)4)25(39)21(28(31)42)27(41)30(16,44)26(40)19(12)24(20)38/h5-8,11-12,16,22,37,39-40,44-46H,9-10H2,1-4H3,(H2,31,42)(H2,32,33,43)/t12-,16-,22+,30-/m0/s1. The number of urea groups is 1. The molecule has 16 heteroatoms. The summed E-state index contributed by atoms with van der Waals surface area (Å²) in [5, 5.41) is 68.7. The van der Waals surface area contributed by atoms with Gasteiger partial charge in [0, 0.05) is 37.0 Å². The van der Waals surface area contributed by atoms with Crippen LogP contribution in [0.25, 0.3) is 0 Å². The lowest BCUT2D eigenvalue weighted by atomic mass is 9.58. The fourth-order valence-corrected chi connectivity index (χ4v) is 6.76. The number of allylic oxidation sites excluding steroid dienone is 1. The molecule has 16 nitrogen and oxygen atoms in total. The van der Waals surface area contributed by atoms with E-state index in [9.17, 15) is 39.6 Å². The van der Waals surface area contributed by atoms with Crippen molar-refractivity contribution < 1.29 is 50.0 Å². The van der Waals surface area contributed by atoms with E-state index in [-0.39, 0.29) is 46.3 Å². The van der Waals surface area contributed by atoms with E-state index >= 15 is 0 Å². The molecular weight excluding hydrogens is 604 g/mol.